The number of hydrogen-bond acceptors (Lipinski definition) is 2. The first-order chi connectivity index (χ1) is 12.1. The Kier molecular flexibility index (Phi) is 6.71. The molecule has 0 radical (unpaired) electrons. The zero-order valence-electron chi connectivity index (χ0n) is 14.7. The second-order valence-electron chi connectivity index (χ2n) is 7.62. The van der Waals surface area contributed by atoms with Gasteiger partial charge in [0, 0.05) is 17.1 Å². The monoisotopic (exact) mass is 366 g/mol. The highest BCUT2D eigenvalue weighted by Crippen LogP contribution is 2.27. The van der Waals surface area contributed by atoms with Crippen LogP contribution in [0.4, 0.5) is 4.39 Å². The molecule has 2 aliphatic rings. The molecule has 0 heterocycles. The second-order valence-corrected chi connectivity index (χ2v) is 8.06. The minimum atomic E-state index is -0.400. The number of carbonyl (C=O) groups excluding carboxylic acids is 1. The first-order valence-corrected chi connectivity index (χ1v) is 9.94. The summed E-state index contributed by atoms with van der Waals surface area (Å²) in [5.74, 6) is 0.462. The van der Waals surface area contributed by atoms with E-state index in [2.05, 4.69) is 10.6 Å². The number of hydrogen-bond donors (Lipinski definition) is 2. The van der Waals surface area contributed by atoms with Gasteiger partial charge in [0.1, 0.15) is 5.82 Å². The first kappa shape index (κ1) is 18.7. The van der Waals surface area contributed by atoms with Crippen molar-refractivity contribution in [2.24, 2.45) is 5.92 Å². The Hall–Kier alpha value is -1.13. The van der Waals surface area contributed by atoms with Gasteiger partial charge in [-0.1, -0.05) is 37.3 Å². The van der Waals surface area contributed by atoms with Crippen LogP contribution in [0.5, 0.6) is 0 Å². The van der Waals surface area contributed by atoms with Gasteiger partial charge >= 0.3 is 0 Å². The van der Waals surface area contributed by atoms with Gasteiger partial charge in [-0.05, 0) is 61.9 Å². The van der Waals surface area contributed by atoms with E-state index in [1.54, 1.807) is 6.07 Å². The number of rotatable bonds is 7. The van der Waals surface area contributed by atoms with Crippen LogP contribution in [-0.4, -0.2) is 24.5 Å². The minimum Gasteiger partial charge on any atom is -0.353 e. The summed E-state index contributed by atoms with van der Waals surface area (Å²) in [7, 11) is 0. The third-order valence-corrected chi connectivity index (χ3v) is 5.76. The molecule has 3 rings (SSSR count). The van der Waals surface area contributed by atoms with Crippen molar-refractivity contribution >= 4 is 17.5 Å². The van der Waals surface area contributed by atoms with E-state index in [1.165, 1.54) is 44.2 Å². The molecule has 0 saturated heterocycles. The molecule has 2 aliphatic carbocycles. The van der Waals surface area contributed by atoms with Crippen LogP contribution >= 0.6 is 11.6 Å². The molecule has 138 valence electrons. The molecule has 0 unspecified atom stereocenters. The smallest absolute Gasteiger partial charge is 0.224 e. The van der Waals surface area contributed by atoms with Gasteiger partial charge < -0.3 is 10.6 Å². The predicted octanol–water partition coefficient (Wildman–Crippen LogP) is 4.23. The zero-order valence-corrected chi connectivity index (χ0v) is 15.5. The van der Waals surface area contributed by atoms with Crippen molar-refractivity contribution in [1.29, 1.82) is 0 Å². The summed E-state index contributed by atoms with van der Waals surface area (Å²) in [6, 6.07) is 5.00. The summed E-state index contributed by atoms with van der Waals surface area (Å²) in [6.45, 7) is 1.10. The highest BCUT2D eigenvalue weighted by molar-refractivity contribution is 6.30. The summed E-state index contributed by atoms with van der Waals surface area (Å²) in [5.41, 5.74) is 0.617. The summed E-state index contributed by atoms with van der Waals surface area (Å²) in [6.07, 6.45) is 10.2. The Labute approximate surface area is 154 Å². The molecule has 0 aromatic heterocycles. The van der Waals surface area contributed by atoms with Crippen LogP contribution < -0.4 is 10.6 Å². The predicted molar refractivity (Wildman–Crippen MR) is 99.3 cm³/mol. The fourth-order valence-corrected chi connectivity index (χ4v) is 4.51. The van der Waals surface area contributed by atoms with Crippen LogP contribution in [0.1, 0.15) is 56.9 Å². The normalized spacial score (nSPS) is 23.9. The fraction of sp³-hybridized carbons (Fsp3) is 0.650. The maximum Gasteiger partial charge on any atom is 0.224 e. The Morgan fingerprint density at radius 3 is 2.64 bits per heavy atom. The van der Waals surface area contributed by atoms with E-state index in [0.29, 0.717) is 16.6 Å². The zero-order chi connectivity index (χ0) is 17.6. The summed E-state index contributed by atoms with van der Waals surface area (Å²) < 4.78 is 13.3. The number of nitrogens with one attached hydrogen (secondary N) is 2. The van der Waals surface area contributed by atoms with Crippen molar-refractivity contribution in [2.45, 2.75) is 69.9 Å². The maximum atomic E-state index is 13.3. The minimum absolute atomic E-state index is 0.0572. The van der Waals surface area contributed by atoms with Gasteiger partial charge in [0.2, 0.25) is 5.91 Å². The molecular formula is C20H28ClFN2O. The Morgan fingerprint density at radius 1 is 1.12 bits per heavy atom. The van der Waals surface area contributed by atoms with E-state index < -0.39 is 5.82 Å². The van der Waals surface area contributed by atoms with E-state index in [-0.39, 0.29) is 18.4 Å². The lowest BCUT2D eigenvalue weighted by molar-refractivity contribution is -0.121. The van der Waals surface area contributed by atoms with Crippen molar-refractivity contribution in [3.63, 3.8) is 0 Å². The number of halogens is 2. The molecule has 1 amide bonds. The van der Waals surface area contributed by atoms with Crippen LogP contribution in [0.3, 0.4) is 0 Å². The van der Waals surface area contributed by atoms with Crippen LogP contribution in [0.25, 0.3) is 0 Å². The summed E-state index contributed by atoms with van der Waals surface area (Å²) in [5, 5.41) is 7.07. The molecule has 0 aliphatic heterocycles. The quantitative estimate of drug-likeness (QED) is 0.758. The molecule has 5 heteroatoms. The Morgan fingerprint density at radius 2 is 1.88 bits per heavy atom. The van der Waals surface area contributed by atoms with Crippen LogP contribution in [0.15, 0.2) is 18.2 Å². The third-order valence-electron chi connectivity index (χ3n) is 5.55. The molecule has 0 spiro atoms. The molecule has 2 saturated carbocycles. The molecule has 3 nitrogen and oxygen atoms in total. The van der Waals surface area contributed by atoms with Crippen molar-refractivity contribution in [2.75, 3.05) is 6.54 Å². The summed E-state index contributed by atoms with van der Waals surface area (Å²) >= 11 is 5.84. The molecule has 2 fully saturated rings. The lowest BCUT2D eigenvalue weighted by Crippen LogP contribution is -2.36. The van der Waals surface area contributed by atoms with E-state index in [9.17, 15) is 9.18 Å². The SMILES string of the molecule is O=C(Cc1cc(F)cc(Cl)c1)N[C@H]1CC[C@H](NCCC2CCCC2)C1. The lowest BCUT2D eigenvalue weighted by atomic mass is 10.0. The standard InChI is InChI=1S/C20H28ClFN2O/c21-16-9-15(10-17(22)12-16)11-20(25)24-19-6-5-18(13-19)23-8-7-14-3-1-2-4-14/h9-10,12,14,18-19,23H,1-8,11,13H2,(H,24,25)/t18-,19-/m0/s1. The van der Waals surface area contributed by atoms with Crippen molar-refractivity contribution < 1.29 is 9.18 Å². The third kappa shape index (κ3) is 5.96. The number of amides is 1. The Bertz CT molecular complexity index is 569. The molecule has 2 atom stereocenters. The van der Waals surface area contributed by atoms with Crippen molar-refractivity contribution in [3.8, 4) is 0 Å². The average molecular weight is 367 g/mol. The second kappa shape index (κ2) is 9.00. The van der Waals surface area contributed by atoms with E-state index in [0.717, 1.165) is 31.7 Å². The molecule has 25 heavy (non-hydrogen) atoms. The van der Waals surface area contributed by atoms with E-state index in [4.69, 9.17) is 11.6 Å². The largest absolute Gasteiger partial charge is 0.353 e. The van der Waals surface area contributed by atoms with Gasteiger partial charge in [0.05, 0.1) is 6.42 Å². The fourth-order valence-electron chi connectivity index (χ4n) is 4.27. The average Bonchev–Trinajstić information content (AvgIpc) is 3.18. The summed E-state index contributed by atoms with van der Waals surface area (Å²) in [4.78, 5) is 12.2. The van der Waals surface area contributed by atoms with Crippen molar-refractivity contribution in [3.05, 3.63) is 34.6 Å². The lowest BCUT2D eigenvalue weighted by Gasteiger charge is -2.16. The van der Waals surface area contributed by atoms with E-state index >= 15 is 0 Å². The van der Waals surface area contributed by atoms with Gasteiger partial charge in [-0.25, -0.2) is 4.39 Å². The molecule has 2 N–H and O–H groups in total. The number of benzene rings is 1. The highest BCUT2D eigenvalue weighted by Gasteiger charge is 2.26. The molecule has 0 bridgehead atoms. The number of carbonyl (C=O) groups is 1. The first-order valence-electron chi connectivity index (χ1n) is 9.56. The highest BCUT2D eigenvalue weighted by atomic mass is 35.5. The van der Waals surface area contributed by atoms with Crippen LogP contribution in [0, 0.1) is 11.7 Å². The Balaban J connectivity index is 1.36. The van der Waals surface area contributed by atoms with Crippen LogP contribution in [0.2, 0.25) is 5.02 Å². The van der Waals surface area contributed by atoms with Gasteiger partial charge in [-0.3, -0.25) is 4.79 Å². The molecular weight excluding hydrogens is 339 g/mol. The van der Waals surface area contributed by atoms with Gasteiger partial charge in [-0.15, -0.1) is 0 Å². The molecule has 1 aromatic rings. The topological polar surface area (TPSA) is 41.1 Å². The van der Waals surface area contributed by atoms with Gasteiger partial charge in [0.25, 0.3) is 0 Å². The maximum absolute atomic E-state index is 13.3. The van der Waals surface area contributed by atoms with E-state index in [1.807, 2.05) is 0 Å². The van der Waals surface area contributed by atoms with Crippen LogP contribution in [-0.2, 0) is 11.2 Å². The van der Waals surface area contributed by atoms with Gasteiger partial charge in [-0.2, -0.15) is 0 Å². The van der Waals surface area contributed by atoms with Crippen molar-refractivity contribution in [1.82, 2.24) is 10.6 Å². The molecule has 1 aromatic carbocycles. The van der Waals surface area contributed by atoms with Gasteiger partial charge in [0.15, 0.2) is 0 Å².